The highest BCUT2D eigenvalue weighted by Gasteiger charge is 2.19. The lowest BCUT2D eigenvalue weighted by molar-refractivity contribution is -0.137. The fourth-order valence-electron chi connectivity index (χ4n) is 2.35. The van der Waals surface area contributed by atoms with E-state index in [-0.39, 0.29) is 12.5 Å². The molecule has 0 saturated carbocycles. The fourth-order valence-corrected chi connectivity index (χ4v) is 2.53. The van der Waals surface area contributed by atoms with Crippen LogP contribution >= 0.6 is 11.6 Å². The molecule has 0 amide bonds. The molecule has 20 heavy (non-hydrogen) atoms. The Morgan fingerprint density at radius 2 is 2.15 bits per heavy atom. The van der Waals surface area contributed by atoms with E-state index in [2.05, 4.69) is 4.90 Å². The SMILES string of the molecule is NC(CCC(=O)O)c1cc(Cl)ccc1N1CCOCC1. The van der Waals surface area contributed by atoms with Gasteiger partial charge in [0.25, 0.3) is 0 Å². The molecule has 1 aliphatic heterocycles. The maximum absolute atomic E-state index is 10.7. The topological polar surface area (TPSA) is 75.8 Å². The Balaban J connectivity index is 2.20. The van der Waals surface area contributed by atoms with E-state index in [1.807, 2.05) is 18.2 Å². The smallest absolute Gasteiger partial charge is 0.303 e. The molecule has 1 unspecified atom stereocenters. The van der Waals surface area contributed by atoms with E-state index in [9.17, 15) is 4.79 Å². The van der Waals surface area contributed by atoms with Gasteiger partial charge in [0.05, 0.1) is 13.2 Å². The lowest BCUT2D eigenvalue weighted by atomic mass is 10.00. The van der Waals surface area contributed by atoms with Gasteiger partial charge in [0.1, 0.15) is 0 Å². The van der Waals surface area contributed by atoms with Gasteiger partial charge in [0.2, 0.25) is 0 Å². The quantitative estimate of drug-likeness (QED) is 0.870. The molecule has 0 aromatic heterocycles. The lowest BCUT2D eigenvalue weighted by Crippen LogP contribution is -2.37. The third kappa shape index (κ3) is 3.85. The van der Waals surface area contributed by atoms with Crippen molar-refractivity contribution in [1.82, 2.24) is 0 Å². The maximum Gasteiger partial charge on any atom is 0.303 e. The zero-order valence-corrected chi connectivity index (χ0v) is 12.0. The number of anilines is 1. The van der Waals surface area contributed by atoms with Crippen molar-refractivity contribution < 1.29 is 14.6 Å². The van der Waals surface area contributed by atoms with Crippen molar-refractivity contribution in [2.75, 3.05) is 31.2 Å². The van der Waals surface area contributed by atoms with Crippen LogP contribution in [0.1, 0.15) is 24.4 Å². The minimum absolute atomic E-state index is 0.0518. The third-order valence-electron chi connectivity index (χ3n) is 3.41. The number of hydrogen-bond acceptors (Lipinski definition) is 4. The number of ether oxygens (including phenoxy) is 1. The first-order valence-electron chi connectivity index (χ1n) is 6.67. The average molecular weight is 299 g/mol. The van der Waals surface area contributed by atoms with Gasteiger partial charge in [-0.2, -0.15) is 0 Å². The molecule has 3 N–H and O–H groups in total. The minimum atomic E-state index is -0.838. The first-order chi connectivity index (χ1) is 9.58. The van der Waals surface area contributed by atoms with Crippen molar-refractivity contribution in [2.24, 2.45) is 5.73 Å². The number of carboxylic acid groups (broad SMARTS) is 1. The van der Waals surface area contributed by atoms with Crippen molar-refractivity contribution in [3.63, 3.8) is 0 Å². The second kappa shape index (κ2) is 6.92. The van der Waals surface area contributed by atoms with Gasteiger partial charge in [-0.25, -0.2) is 0 Å². The molecule has 0 radical (unpaired) electrons. The second-order valence-corrected chi connectivity index (χ2v) is 5.28. The number of nitrogens with two attached hydrogens (primary N) is 1. The summed E-state index contributed by atoms with van der Waals surface area (Å²) < 4.78 is 5.35. The zero-order chi connectivity index (χ0) is 14.5. The van der Waals surface area contributed by atoms with Crippen LogP contribution in [0.15, 0.2) is 18.2 Å². The highest BCUT2D eigenvalue weighted by atomic mass is 35.5. The molecule has 1 atom stereocenters. The molecule has 110 valence electrons. The molecule has 6 heteroatoms. The van der Waals surface area contributed by atoms with E-state index in [0.29, 0.717) is 24.7 Å². The predicted octanol–water partition coefficient (Wildman–Crippen LogP) is 2.04. The van der Waals surface area contributed by atoms with Crippen LogP contribution < -0.4 is 10.6 Å². The molecule has 0 bridgehead atoms. The summed E-state index contributed by atoms with van der Waals surface area (Å²) in [5, 5.41) is 9.39. The van der Waals surface area contributed by atoms with E-state index in [1.165, 1.54) is 0 Å². The Labute approximate surface area is 123 Å². The number of rotatable bonds is 5. The fraction of sp³-hybridized carbons (Fsp3) is 0.500. The standard InChI is InChI=1S/C14H19ClN2O3/c15-10-1-3-13(17-5-7-20-8-6-17)11(9-10)12(16)2-4-14(18)19/h1,3,9,12H,2,4-8,16H2,(H,18,19). The molecule has 0 spiro atoms. The van der Waals surface area contributed by atoms with Crippen LogP contribution in [0.4, 0.5) is 5.69 Å². The number of morpholine rings is 1. The van der Waals surface area contributed by atoms with Crippen LogP contribution in [0.3, 0.4) is 0 Å². The monoisotopic (exact) mass is 298 g/mol. The van der Waals surface area contributed by atoms with Crippen LogP contribution in [-0.4, -0.2) is 37.4 Å². The lowest BCUT2D eigenvalue weighted by Gasteiger charge is -2.32. The van der Waals surface area contributed by atoms with Crippen LogP contribution in [0.25, 0.3) is 0 Å². The van der Waals surface area contributed by atoms with Crippen molar-refractivity contribution >= 4 is 23.3 Å². The van der Waals surface area contributed by atoms with Crippen molar-refractivity contribution in [3.8, 4) is 0 Å². The van der Waals surface area contributed by atoms with Crippen LogP contribution in [-0.2, 0) is 9.53 Å². The number of aliphatic carboxylic acids is 1. The first kappa shape index (κ1) is 15.1. The Hall–Kier alpha value is -1.30. The molecular formula is C14H19ClN2O3. The minimum Gasteiger partial charge on any atom is -0.481 e. The zero-order valence-electron chi connectivity index (χ0n) is 11.2. The number of carbonyl (C=O) groups is 1. The number of carboxylic acids is 1. The normalized spacial score (nSPS) is 17.0. The number of hydrogen-bond donors (Lipinski definition) is 2. The Kier molecular flexibility index (Phi) is 5.23. The van der Waals surface area contributed by atoms with E-state index in [1.54, 1.807) is 0 Å². The Morgan fingerprint density at radius 3 is 2.80 bits per heavy atom. The highest BCUT2D eigenvalue weighted by molar-refractivity contribution is 6.30. The van der Waals surface area contributed by atoms with Crippen LogP contribution in [0, 0.1) is 0 Å². The van der Waals surface area contributed by atoms with Gasteiger partial charge >= 0.3 is 5.97 Å². The van der Waals surface area contributed by atoms with Crippen LogP contribution in [0.2, 0.25) is 5.02 Å². The Bertz CT molecular complexity index is 475. The van der Waals surface area contributed by atoms with Gasteiger partial charge < -0.3 is 20.5 Å². The van der Waals surface area contributed by atoms with E-state index < -0.39 is 5.97 Å². The predicted molar refractivity (Wildman–Crippen MR) is 78.3 cm³/mol. The van der Waals surface area contributed by atoms with Crippen molar-refractivity contribution in [3.05, 3.63) is 28.8 Å². The summed E-state index contributed by atoms with van der Waals surface area (Å²) >= 11 is 6.05. The summed E-state index contributed by atoms with van der Waals surface area (Å²) in [7, 11) is 0. The summed E-state index contributed by atoms with van der Waals surface area (Å²) in [5.41, 5.74) is 8.07. The molecule has 1 fully saturated rings. The molecule has 1 aromatic carbocycles. The van der Waals surface area contributed by atoms with Gasteiger partial charge in [-0.05, 0) is 30.2 Å². The molecule has 0 aliphatic carbocycles. The van der Waals surface area contributed by atoms with E-state index in [0.717, 1.165) is 24.3 Å². The third-order valence-corrected chi connectivity index (χ3v) is 3.65. The molecule has 1 saturated heterocycles. The Morgan fingerprint density at radius 1 is 1.45 bits per heavy atom. The summed E-state index contributed by atoms with van der Waals surface area (Å²) in [6.45, 7) is 2.99. The van der Waals surface area contributed by atoms with E-state index in [4.69, 9.17) is 27.2 Å². The van der Waals surface area contributed by atoms with Gasteiger partial charge in [0.15, 0.2) is 0 Å². The summed E-state index contributed by atoms with van der Waals surface area (Å²) in [6, 6.07) is 5.28. The van der Waals surface area contributed by atoms with Gasteiger partial charge in [-0.15, -0.1) is 0 Å². The number of halogens is 1. The number of benzene rings is 1. The maximum atomic E-state index is 10.7. The van der Waals surface area contributed by atoms with Gasteiger partial charge in [-0.1, -0.05) is 11.6 Å². The molecule has 2 rings (SSSR count). The first-order valence-corrected chi connectivity index (χ1v) is 7.05. The number of nitrogens with zero attached hydrogens (tertiary/aromatic N) is 1. The van der Waals surface area contributed by atoms with Gasteiger partial charge in [-0.3, -0.25) is 4.79 Å². The summed E-state index contributed by atoms with van der Waals surface area (Å²) in [4.78, 5) is 12.9. The molecule has 1 aromatic rings. The second-order valence-electron chi connectivity index (χ2n) is 4.84. The average Bonchev–Trinajstić information content (AvgIpc) is 2.45. The molecule has 5 nitrogen and oxygen atoms in total. The summed E-state index contributed by atoms with van der Waals surface area (Å²) in [5.74, 6) is -0.838. The molecular weight excluding hydrogens is 280 g/mol. The van der Waals surface area contributed by atoms with Crippen molar-refractivity contribution in [1.29, 1.82) is 0 Å². The summed E-state index contributed by atoms with van der Waals surface area (Å²) in [6.07, 6.45) is 0.448. The van der Waals surface area contributed by atoms with Gasteiger partial charge in [0, 0.05) is 36.3 Å². The highest BCUT2D eigenvalue weighted by Crippen LogP contribution is 2.31. The molecule has 1 heterocycles. The van der Waals surface area contributed by atoms with E-state index >= 15 is 0 Å². The molecule has 1 aliphatic rings. The van der Waals surface area contributed by atoms with Crippen molar-refractivity contribution in [2.45, 2.75) is 18.9 Å². The van der Waals surface area contributed by atoms with Crippen LogP contribution in [0.5, 0.6) is 0 Å². The largest absolute Gasteiger partial charge is 0.481 e.